The minimum absolute atomic E-state index is 0.0438. The molecule has 0 fully saturated rings. The van der Waals surface area contributed by atoms with E-state index in [9.17, 15) is 24.2 Å². The normalized spacial score (nSPS) is 14.6. The Hall–Kier alpha value is -2.81. The minimum Gasteiger partial charge on any atom is -0.463 e. The van der Waals surface area contributed by atoms with E-state index in [0.717, 1.165) is 64.2 Å². The van der Waals surface area contributed by atoms with Gasteiger partial charge in [-0.05, 0) is 51.4 Å². The number of aliphatic hydroxyl groups excluding tert-OH is 1. The van der Waals surface area contributed by atoms with Crippen LogP contribution in [0.4, 0.5) is 0 Å². The van der Waals surface area contributed by atoms with E-state index in [4.69, 9.17) is 13.8 Å². The van der Waals surface area contributed by atoms with Crippen molar-refractivity contribution < 1.29 is 37.9 Å². The Balaban J connectivity index is 3.84. The van der Waals surface area contributed by atoms with Crippen molar-refractivity contribution in [3.63, 3.8) is 0 Å². The van der Waals surface area contributed by atoms with E-state index in [1.165, 1.54) is 0 Å². The van der Waals surface area contributed by atoms with Gasteiger partial charge in [0.05, 0.1) is 19.6 Å². The van der Waals surface area contributed by atoms with E-state index in [0.29, 0.717) is 12.8 Å². The number of allylic oxidation sites excluding steroid dienone is 13. The number of esters is 1. The Labute approximate surface area is 277 Å². The number of nitrogens with one attached hydrogen (secondary N) is 1. The predicted octanol–water partition coefficient (Wildman–Crippen LogP) is 8.14. The molecule has 46 heavy (non-hydrogen) atoms. The fourth-order valence-electron chi connectivity index (χ4n) is 3.64. The molecule has 260 valence electrons. The molecule has 0 aromatic carbocycles. The number of carbonyl (C=O) groups excluding carboxylic acids is 2. The predicted molar refractivity (Wildman–Crippen MR) is 187 cm³/mol. The molecule has 0 aromatic rings. The number of phosphoric acid groups is 1. The van der Waals surface area contributed by atoms with Gasteiger partial charge < -0.3 is 20.1 Å². The molecule has 0 saturated heterocycles. The van der Waals surface area contributed by atoms with E-state index in [1.807, 2.05) is 12.2 Å². The number of carbonyl (C=O) groups is 2. The first-order valence-corrected chi connectivity index (χ1v) is 18.1. The number of ether oxygens (including phenoxy) is 1. The van der Waals surface area contributed by atoms with Gasteiger partial charge in [0.2, 0.25) is 5.91 Å². The lowest BCUT2D eigenvalue weighted by Gasteiger charge is -2.15. The second-order valence-corrected chi connectivity index (χ2v) is 11.9. The largest absolute Gasteiger partial charge is 0.472 e. The number of hydrogen-bond donors (Lipinski definition) is 3. The third kappa shape index (κ3) is 32.6. The molecular formula is C36H58NO8P. The van der Waals surface area contributed by atoms with Crippen molar-refractivity contribution in [3.8, 4) is 0 Å². The molecule has 0 heterocycles. The van der Waals surface area contributed by atoms with Gasteiger partial charge in [0.25, 0.3) is 0 Å². The topological polar surface area (TPSA) is 131 Å². The standard InChI is InChI=1S/C36H58NO8P/c1-3-5-7-9-10-11-12-13-14-15-16-17-18-19-20-21-22-23-24-25-27-29-36(40)43-32-34(38)33-45-46(41,42)44-31-30-37-35(39)28-26-8-6-4-2/h5,7,10-11,13-14,16-17,19-20,22-23,25,27,34,38H,3-4,6,8-9,12,15,18,21,24,26,28-33H2,1-2H3,(H,37,39)(H,41,42)/b7-5-,11-10-,14-13-,17-16-,20-19-,23-22-,27-25-. The Morgan fingerprint density at radius 1 is 0.696 bits per heavy atom. The maximum Gasteiger partial charge on any atom is 0.472 e. The summed E-state index contributed by atoms with van der Waals surface area (Å²) in [6.07, 6.45) is 38.8. The summed E-state index contributed by atoms with van der Waals surface area (Å²) in [4.78, 5) is 33.2. The van der Waals surface area contributed by atoms with Gasteiger partial charge in [0, 0.05) is 13.0 Å². The minimum atomic E-state index is -4.42. The number of hydrogen-bond acceptors (Lipinski definition) is 7. The van der Waals surface area contributed by atoms with Gasteiger partial charge in [0.1, 0.15) is 12.7 Å². The smallest absolute Gasteiger partial charge is 0.463 e. The van der Waals surface area contributed by atoms with Crippen molar-refractivity contribution >= 4 is 19.7 Å². The molecule has 0 aromatic heterocycles. The van der Waals surface area contributed by atoms with Gasteiger partial charge in [-0.25, -0.2) is 4.57 Å². The quantitative estimate of drug-likeness (QED) is 0.0316. The van der Waals surface area contributed by atoms with Gasteiger partial charge in [-0.15, -0.1) is 0 Å². The van der Waals surface area contributed by atoms with Crippen LogP contribution in [0.1, 0.15) is 97.3 Å². The number of unbranched alkanes of at least 4 members (excludes halogenated alkanes) is 3. The van der Waals surface area contributed by atoms with Crippen molar-refractivity contribution in [2.24, 2.45) is 0 Å². The van der Waals surface area contributed by atoms with Gasteiger partial charge in [-0.2, -0.15) is 0 Å². The SMILES string of the molecule is CC/C=C\C/C=C\C/C=C\C/C=C\C/C=C\C/C=C\C/C=C\CC(=O)OCC(O)COP(=O)(O)OCCNC(=O)CCCCCC. The maximum atomic E-state index is 11.9. The van der Waals surface area contributed by atoms with E-state index >= 15 is 0 Å². The Kier molecular flexibility index (Phi) is 30.2. The first-order valence-electron chi connectivity index (χ1n) is 16.6. The molecule has 3 N–H and O–H groups in total. The zero-order valence-corrected chi connectivity index (χ0v) is 28.9. The van der Waals surface area contributed by atoms with Gasteiger partial charge >= 0.3 is 13.8 Å². The number of amides is 1. The average molecular weight is 664 g/mol. The Morgan fingerprint density at radius 3 is 1.70 bits per heavy atom. The van der Waals surface area contributed by atoms with Gasteiger partial charge in [0.15, 0.2) is 0 Å². The summed E-state index contributed by atoms with van der Waals surface area (Å²) < 4.78 is 26.4. The lowest BCUT2D eigenvalue weighted by molar-refractivity contribution is -0.146. The number of aliphatic hydroxyl groups is 1. The third-order valence-corrected chi connectivity index (χ3v) is 7.11. The summed E-state index contributed by atoms with van der Waals surface area (Å²) in [5, 5.41) is 12.5. The van der Waals surface area contributed by atoms with Gasteiger partial charge in [-0.1, -0.05) is 118 Å². The zero-order chi connectivity index (χ0) is 34.0. The molecule has 1 amide bonds. The molecule has 0 aliphatic rings. The molecule has 9 nitrogen and oxygen atoms in total. The number of phosphoric ester groups is 1. The van der Waals surface area contributed by atoms with Gasteiger partial charge in [-0.3, -0.25) is 18.6 Å². The molecule has 0 spiro atoms. The van der Waals surface area contributed by atoms with E-state index in [1.54, 1.807) is 6.08 Å². The van der Waals surface area contributed by atoms with Crippen LogP contribution in [0.2, 0.25) is 0 Å². The summed E-state index contributed by atoms with van der Waals surface area (Å²) in [5.74, 6) is -0.680. The molecule has 0 bridgehead atoms. The van der Waals surface area contributed by atoms with Crippen LogP contribution in [0.15, 0.2) is 85.1 Å². The highest BCUT2D eigenvalue weighted by Crippen LogP contribution is 2.42. The van der Waals surface area contributed by atoms with Crippen molar-refractivity contribution in [1.82, 2.24) is 5.32 Å². The molecule has 2 atom stereocenters. The lowest BCUT2D eigenvalue weighted by atomic mass is 10.1. The zero-order valence-electron chi connectivity index (χ0n) is 28.0. The summed E-state index contributed by atoms with van der Waals surface area (Å²) in [5.41, 5.74) is 0. The lowest BCUT2D eigenvalue weighted by Crippen LogP contribution is -2.27. The monoisotopic (exact) mass is 663 g/mol. The first kappa shape index (κ1) is 43.2. The molecule has 0 radical (unpaired) electrons. The van der Waals surface area contributed by atoms with E-state index < -0.39 is 26.5 Å². The number of rotatable bonds is 29. The molecule has 0 aliphatic heterocycles. The summed E-state index contributed by atoms with van der Waals surface area (Å²) in [6.45, 7) is 3.14. The Morgan fingerprint density at radius 2 is 1.20 bits per heavy atom. The molecule has 10 heteroatoms. The molecule has 0 aliphatic carbocycles. The molecule has 0 saturated carbocycles. The average Bonchev–Trinajstić information content (AvgIpc) is 3.04. The summed E-state index contributed by atoms with van der Waals surface area (Å²) in [6, 6.07) is 0. The van der Waals surface area contributed by atoms with Crippen LogP contribution in [0.3, 0.4) is 0 Å². The first-order chi connectivity index (χ1) is 22.3. The fraction of sp³-hybridized carbons (Fsp3) is 0.556. The van der Waals surface area contributed by atoms with Crippen LogP contribution in [0.5, 0.6) is 0 Å². The van der Waals surface area contributed by atoms with Crippen LogP contribution in [0, 0.1) is 0 Å². The van der Waals surface area contributed by atoms with Crippen molar-refractivity contribution in [3.05, 3.63) is 85.1 Å². The van der Waals surface area contributed by atoms with Crippen LogP contribution < -0.4 is 5.32 Å². The van der Waals surface area contributed by atoms with E-state index in [2.05, 4.69) is 86.0 Å². The van der Waals surface area contributed by atoms with Crippen molar-refractivity contribution in [2.45, 2.75) is 103 Å². The molecule has 2 unspecified atom stereocenters. The maximum absolute atomic E-state index is 11.9. The third-order valence-electron chi connectivity index (χ3n) is 6.12. The highest BCUT2D eigenvalue weighted by Gasteiger charge is 2.23. The second-order valence-electron chi connectivity index (χ2n) is 10.4. The van der Waals surface area contributed by atoms with Crippen LogP contribution in [-0.2, 0) is 27.9 Å². The van der Waals surface area contributed by atoms with E-state index in [-0.39, 0.29) is 32.1 Å². The summed E-state index contributed by atoms with van der Waals surface area (Å²) >= 11 is 0. The molecular weight excluding hydrogens is 605 g/mol. The van der Waals surface area contributed by atoms with Crippen molar-refractivity contribution in [1.29, 1.82) is 0 Å². The van der Waals surface area contributed by atoms with Crippen molar-refractivity contribution in [2.75, 3.05) is 26.4 Å². The van der Waals surface area contributed by atoms with Crippen LogP contribution in [0.25, 0.3) is 0 Å². The van der Waals surface area contributed by atoms with Crippen LogP contribution >= 0.6 is 7.82 Å². The fourth-order valence-corrected chi connectivity index (χ4v) is 4.40. The van der Waals surface area contributed by atoms with Crippen LogP contribution in [-0.4, -0.2) is 54.3 Å². The summed E-state index contributed by atoms with van der Waals surface area (Å²) in [7, 11) is -4.42. The highest BCUT2D eigenvalue weighted by molar-refractivity contribution is 7.47. The Bertz CT molecular complexity index is 1030. The second kappa shape index (κ2) is 32.1. The highest BCUT2D eigenvalue weighted by atomic mass is 31.2. The molecule has 0 rings (SSSR count).